The highest BCUT2D eigenvalue weighted by Crippen LogP contribution is 2.33. The second kappa shape index (κ2) is 4.89. The molecule has 0 spiro atoms. The molecule has 0 aliphatic carbocycles. The number of nitrogens with two attached hydrogens (primary N) is 1. The first-order chi connectivity index (χ1) is 8.09. The smallest absolute Gasteiger partial charge is 0.172 e. The van der Waals surface area contributed by atoms with Gasteiger partial charge in [-0.15, -0.1) is 0 Å². The molecule has 0 bridgehead atoms. The molecule has 0 amide bonds. The van der Waals surface area contributed by atoms with Gasteiger partial charge in [0.1, 0.15) is 5.82 Å². The highest BCUT2D eigenvalue weighted by Gasteiger charge is 2.14. The molecular formula is C12H14FN3S. The van der Waals surface area contributed by atoms with Gasteiger partial charge in [0.15, 0.2) is 5.16 Å². The summed E-state index contributed by atoms with van der Waals surface area (Å²) in [4.78, 5) is 4.72. The summed E-state index contributed by atoms with van der Waals surface area (Å²) in [5.74, 6) is -0.257. The zero-order chi connectivity index (χ0) is 12.4. The molecule has 0 saturated heterocycles. The van der Waals surface area contributed by atoms with E-state index in [9.17, 15) is 4.39 Å². The third kappa shape index (κ3) is 2.50. The van der Waals surface area contributed by atoms with Gasteiger partial charge in [-0.25, -0.2) is 9.37 Å². The summed E-state index contributed by atoms with van der Waals surface area (Å²) in [6.45, 7) is 1.84. The Morgan fingerprint density at radius 1 is 1.47 bits per heavy atom. The Kier molecular flexibility index (Phi) is 3.49. The van der Waals surface area contributed by atoms with E-state index in [-0.39, 0.29) is 11.9 Å². The molecule has 0 saturated carbocycles. The van der Waals surface area contributed by atoms with Gasteiger partial charge in [-0.05, 0) is 30.3 Å². The molecule has 0 aliphatic rings. The normalized spacial score (nSPS) is 12.7. The number of aromatic nitrogens is 2. The van der Waals surface area contributed by atoms with Crippen LogP contribution in [0.4, 0.5) is 4.39 Å². The Labute approximate surface area is 104 Å². The van der Waals surface area contributed by atoms with E-state index in [0.717, 1.165) is 10.7 Å². The lowest BCUT2D eigenvalue weighted by molar-refractivity contribution is 0.590. The quantitative estimate of drug-likeness (QED) is 0.912. The summed E-state index contributed by atoms with van der Waals surface area (Å²) in [5, 5.41) is 0.747. The standard InChI is InChI=1S/C12H14FN3S/c1-8(14)9-4-3-5-10(13)11(9)17-12-15-6-7-16(12)2/h3-8H,14H2,1-2H3/t8-/m0/s1. The van der Waals surface area contributed by atoms with Crippen molar-refractivity contribution in [3.05, 3.63) is 42.0 Å². The lowest BCUT2D eigenvalue weighted by Gasteiger charge is -2.12. The van der Waals surface area contributed by atoms with Crippen molar-refractivity contribution in [1.82, 2.24) is 9.55 Å². The van der Waals surface area contributed by atoms with E-state index in [1.54, 1.807) is 12.3 Å². The van der Waals surface area contributed by atoms with Gasteiger partial charge in [0, 0.05) is 25.5 Å². The Bertz CT molecular complexity index is 522. The van der Waals surface area contributed by atoms with Gasteiger partial charge in [-0.2, -0.15) is 0 Å². The highest BCUT2D eigenvalue weighted by molar-refractivity contribution is 7.99. The predicted octanol–water partition coefficient (Wildman–Crippen LogP) is 2.73. The van der Waals surface area contributed by atoms with Gasteiger partial charge in [-0.1, -0.05) is 12.1 Å². The summed E-state index contributed by atoms with van der Waals surface area (Å²) in [6, 6.07) is 4.76. The van der Waals surface area contributed by atoms with E-state index in [2.05, 4.69) is 4.98 Å². The van der Waals surface area contributed by atoms with Crippen molar-refractivity contribution in [2.45, 2.75) is 23.0 Å². The highest BCUT2D eigenvalue weighted by atomic mass is 32.2. The van der Waals surface area contributed by atoms with E-state index in [0.29, 0.717) is 4.90 Å². The van der Waals surface area contributed by atoms with Crippen LogP contribution in [-0.2, 0) is 7.05 Å². The Morgan fingerprint density at radius 3 is 2.82 bits per heavy atom. The third-order valence-corrected chi connectivity index (χ3v) is 3.67. The summed E-state index contributed by atoms with van der Waals surface area (Å²) in [5.41, 5.74) is 6.65. The second-order valence-corrected chi connectivity index (χ2v) is 4.85. The molecule has 17 heavy (non-hydrogen) atoms. The number of hydrogen-bond donors (Lipinski definition) is 1. The van der Waals surface area contributed by atoms with E-state index in [1.807, 2.05) is 30.8 Å². The van der Waals surface area contributed by atoms with Crippen LogP contribution in [0.15, 0.2) is 40.6 Å². The van der Waals surface area contributed by atoms with Crippen LogP contribution in [0.2, 0.25) is 0 Å². The van der Waals surface area contributed by atoms with Gasteiger partial charge in [0.2, 0.25) is 0 Å². The molecule has 1 atom stereocenters. The van der Waals surface area contributed by atoms with Gasteiger partial charge in [-0.3, -0.25) is 0 Å². The predicted molar refractivity (Wildman–Crippen MR) is 66.3 cm³/mol. The minimum absolute atomic E-state index is 0.200. The van der Waals surface area contributed by atoms with Crippen molar-refractivity contribution in [2.75, 3.05) is 0 Å². The molecule has 90 valence electrons. The molecule has 2 rings (SSSR count). The van der Waals surface area contributed by atoms with Crippen molar-refractivity contribution >= 4 is 11.8 Å². The van der Waals surface area contributed by atoms with E-state index in [4.69, 9.17) is 5.73 Å². The fourth-order valence-electron chi connectivity index (χ4n) is 1.53. The maximum Gasteiger partial charge on any atom is 0.172 e. The zero-order valence-corrected chi connectivity index (χ0v) is 10.5. The number of nitrogens with zero attached hydrogens (tertiary/aromatic N) is 2. The van der Waals surface area contributed by atoms with Crippen LogP contribution in [0.25, 0.3) is 0 Å². The lowest BCUT2D eigenvalue weighted by Crippen LogP contribution is -2.07. The first-order valence-corrected chi connectivity index (χ1v) is 6.10. The first kappa shape index (κ1) is 12.1. The molecule has 0 unspecified atom stereocenters. The minimum Gasteiger partial charge on any atom is -0.329 e. The third-order valence-electron chi connectivity index (χ3n) is 2.46. The van der Waals surface area contributed by atoms with Crippen LogP contribution in [0.5, 0.6) is 0 Å². The van der Waals surface area contributed by atoms with Gasteiger partial charge in [0.25, 0.3) is 0 Å². The first-order valence-electron chi connectivity index (χ1n) is 5.28. The zero-order valence-electron chi connectivity index (χ0n) is 9.72. The number of rotatable bonds is 3. The average Bonchev–Trinajstić information content (AvgIpc) is 2.67. The van der Waals surface area contributed by atoms with Crippen LogP contribution in [-0.4, -0.2) is 9.55 Å². The molecule has 1 aromatic carbocycles. The minimum atomic E-state index is -0.257. The van der Waals surface area contributed by atoms with Gasteiger partial charge < -0.3 is 10.3 Å². The summed E-state index contributed by atoms with van der Waals surface area (Å²) >= 11 is 1.30. The summed E-state index contributed by atoms with van der Waals surface area (Å²) in [7, 11) is 1.88. The molecule has 3 nitrogen and oxygen atoms in total. The number of imidazole rings is 1. The molecule has 0 radical (unpaired) electrons. The largest absolute Gasteiger partial charge is 0.329 e. The molecule has 2 aromatic rings. The summed E-state index contributed by atoms with van der Waals surface area (Å²) in [6.07, 6.45) is 3.52. The number of hydrogen-bond acceptors (Lipinski definition) is 3. The van der Waals surface area contributed by atoms with E-state index in [1.165, 1.54) is 17.8 Å². The molecule has 0 aliphatic heterocycles. The van der Waals surface area contributed by atoms with Crippen LogP contribution < -0.4 is 5.73 Å². The van der Waals surface area contributed by atoms with E-state index < -0.39 is 0 Å². The van der Waals surface area contributed by atoms with Crippen molar-refractivity contribution in [3.8, 4) is 0 Å². The molecule has 0 fully saturated rings. The van der Waals surface area contributed by atoms with Crippen molar-refractivity contribution < 1.29 is 4.39 Å². The topological polar surface area (TPSA) is 43.8 Å². The second-order valence-electron chi connectivity index (χ2n) is 3.87. The Hall–Kier alpha value is -1.33. The van der Waals surface area contributed by atoms with Crippen molar-refractivity contribution in [2.24, 2.45) is 12.8 Å². The number of aryl methyl sites for hydroxylation is 1. The van der Waals surface area contributed by atoms with Crippen LogP contribution >= 0.6 is 11.8 Å². The SMILES string of the molecule is C[C@H](N)c1cccc(F)c1Sc1nccn1C. The maximum absolute atomic E-state index is 13.8. The fourth-order valence-corrected chi connectivity index (χ4v) is 2.57. The van der Waals surface area contributed by atoms with Crippen molar-refractivity contribution in [3.63, 3.8) is 0 Å². The fraction of sp³-hybridized carbons (Fsp3) is 0.250. The average molecular weight is 251 g/mol. The van der Waals surface area contributed by atoms with Gasteiger partial charge >= 0.3 is 0 Å². The number of benzene rings is 1. The van der Waals surface area contributed by atoms with Crippen LogP contribution in [0.1, 0.15) is 18.5 Å². The molecular weight excluding hydrogens is 237 g/mol. The van der Waals surface area contributed by atoms with Crippen LogP contribution in [0, 0.1) is 5.82 Å². The number of halogens is 1. The summed E-state index contributed by atoms with van der Waals surface area (Å²) < 4.78 is 15.7. The molecule has 5 heteroatoms. The molecule has 2 N–H and O–H groups in total. The van der Waals surface area contributed by atoms with Crippen LogP contribution in [0.3, 0.4) is 0 Å². The maximum atomic E-state index is 13.8. The monoisotopic (exact) mass is 251 g/mol. The Morgan fingerprint density at radius 2 is 2.24 bits per heavy atom. The molecule has 1 aromatic heterocycles. The van der Waals surface area contributed by atoms with E-state index >= 15 is 0 Å². The van der Waals surface area contributed by atoms with Gasteiger partial charge in [0.05, 0.1) is 4.90 Å². The van der Waals surface area contributed by atoms with Crippen molar-refractivity contribution in [1.29, 1.82) is 0 Å². The lowest BCUT2D eigenvalue weighted by atomic mass is 10.1. The Balaban J connectivity index is 2.41. The molecule has 1 heterocycles.